The molecule has 1 heterocycles. The first-order valence-electron chi connectivity index (χ1n) is 6.66. The normalized spacial score (nSPS) is 11.5. The van der Waals surface area contributed by atoms with Crippen molar-refractivity contribution >= 4 is 10.0 Å². The molecule has 0 atom stereocenters. The van der Waals surface area contributed by atoms with E-state index < -0.39 is 10.0 Å². The minimum Gasteiger partial charge on any atom is -0.316 e. The molecule has 2 N–H and O–H groups in total. The number of rotatable bonds is 6. The highest BCUT2D eigenvalue weighted by Crippen LogP contribution is 2.19. The van der Waals surface area contributed by atoms with E-state index in [4.69, 9.17) is 0 Å². The van der Waals surface area contributed by atoms with E-state index in [1.165, 1.54) is 0 Å². The Morgan fingerprint density at radius 3 is 2.62 bits per heavy atom. The lowest BCUT2D eigenvalue weighted by Gasteiger charge is -2.12. The molecule has 6 heteroatoms. The summed E-state index contributed by atoms with van der Waals surface area (Å²) in [4.78, 5) is 4.29. The van der Waals surface area contributed by atoms with Crippen LogP contribution in [-0.4, -0.2) is 20.4 Å². The van der Waals surface area contributed by atoms with Crippen LogP contribution < -0.4 is 10.0 Å². The van der Waals surface area contributed by atoms with Gasteiger partial charge in [0.2, 0.25) is 10.0 Å². The van der Waals surface area contributed by atoms with Crippen molar-refractivity contribution in [2.24, 2.45) is 0 Å². The highest BCUT2D eigenvalue weighted by molar-refractivity contribution is 7.89. The molecule has 2 rings (SSSR count). The van der Waals surface area contributed by atoms with E-state index in [-0.39, 0.29) is 6.54 Å². The second-order valence-corrected chi connectivity index (χ2v) is 6.49. The van der Waals surface area contributed by atoms with Gasteiger partial charge in [-0.15, -0.1) is 0 Å². The van der Waals surface area contributed by atoms with Gasteiger partial charge in [-0.3, -0.25) is 4.98 Å². The maximum atomic E-state index is 12.4. The van der Waals surface area contributed by atoms with Crippen LogP contribution in [0, 0.1) is 6.92 Å². The van der Waals surface area contributed by atoms with E-state index in [0.717, 1.165) is 16.7 Å². The zero-order chi connectivity index (χ0) is 15.3. The Bertz CT molecular complexity index is 700. The van der Waals surface area contributed by atoms with E-state index in [0.29, 0.717) is 11.4 Å². The predicted molar refractivity (Wildman–Crippen MR) is 82.2 cm³/mol. The number of hydrogen-bond donors (Lipinski definition) is 2. The van der Waals surface area contributed by atoms with Gasteiger partial charge in [-0.25, -0.2) is 13.1 Å². The SMILES string of the molecule is CNCc1cccc(S(=O)(=O)NCc2cccnc2)c1C. The van der Waals surface area contributed by atoms with E-state index >= 15 is 0 Å². The maximum Gasteiger partial charge on any atom is 0.241 e. The minimum atomic E-state index is -3.54. The van der Waals surface area contributed by atoms with Gasteiger partial charge >= 0.3 is 0 Å². The van der Waals surface area contributed by atoms with Crippen LogP contribution in [0.2, 0.25) is 0 Å². The van der Waals surface area contributed by atoms with E-state index in [1.807, 2.05) is 26.1 Å². The summed E-state index contributed by atoms with van der Waals surface area (Å²) in [5.41, 5.74) is 2.57. The fraction of sp³-hybridized carbons (Fsp3) is 0.267. The lowest BCUT2D eigenvalue weighted by Crippen LogP contribution is -2.24. The molecule has 0 fully saturated rings. The van der Waals surface area contributed by atoms with Gasteiger partial charge in [-0.2, -0.15) is 0 Å². The van der Waals surface area contributed by atoms with Crippen LogP contribution in [0.15, 0.2) is 47.6 Å². The highest BCUT2D eigenvalue weighted by atomic mass is 32.2. The Labute approximate surface area is 125 Å². The number of benzene rings is 1. The van der Waals surface area contributed by atoms with Crippen molar-refractivity contribution in [2.45, 2.75) is 24.9 Å². The fourth-order valence-electron chi connectivity index (χ4n) is 2.09. The first kappa shape index (κ1) is 15.6. The second-order valence-electron chi connectivity index (χ2n) is 4.76. The van der Waals surface area contributed by atoms with Crippen LogP contribution in [0.3, 0.4) is 0 Å². The molecule has 0 bridgehead atoms. The summed E-state index contributed by atoms with van der Waals surface area (Å²) in [6.07, 6.45) is 3.30. The zero-order valence-electron chi connectivity index (χ0n) is 12.1. The number of nitrogens with one attached hydrogen (secondary N) is 2. The van der Waals surface area contributed by atoms with Crippen LogP contribution >= 0.6 is 0 Å². The molecule has 112 valence electrons. The summed E-state index contributed by atoms with van der Waals surface area (Å²) in [6, 6.07) is 8.92. The van der Waals surface area contributed by atoms with E-state index in [2.05, 4.69) is 15.0 Å². The van der Waals surface area contributed by atoms with Gasteiger partial charge in [0, 0.05) is 25.5 Å². The Morgan fingerprint density at radius 1 is 1.14 bits per heavy atom. The van der Waals surface area contributed by atoms with Gasteiger partial charge in [0.05, 0.1) is 4.90 Å². The molecule has 0 aliphatic carbocycles. The van der Waals surface area contributed by atoms with Crippen molar-refractivity contribution in [2.75, 3.05) is 7.05 Å². The Morgan fingerprint density at radius 2 is 1.95 bits per heavy atom. The summed E-state index contributed by atoms with van der Waals surface area (Å²) in [7, 11) is -1.70. The number of pyridine rings is 1. The Kier molecular flexibility index (Phi) is 5.06. The van der Waals surface area contributed by atoms with E-state index in [9.17, 15) is 8.42 Å². The molecule has 0 spiro atoms. The van der Waals surface area contributed by atoms with Crippen LogP contribution in [0.25, 0.3) is 0 Å². The molecule has 21 heavy (non-hydrogen) atoms. The molecule has 0 aliphatic rings. The molecule has 0 amide bonds. The first-order chi connectivity index (χ1) is 10.0. The van der Waals surface area contributed by atoms with Crippen LogP contribution in [-0.2, 0) is 23.1 Å². The van der Waals surface area contributed by atoms with Crippen molar-refractivity contribution in [3.05, 3.63) is 59.4 Å². The summed E-state index contributed by atoms with van der Waals surface area (Å²) in [5, 5.41) is 3.04. The number of nitrogens with zero attached hydrogens (tertiary/aromatic N) is 1. The summed E-state index contributed by atoms with van der Waals surface area (Å²) >= 11 is 0. The highest BCUT2D eigenvalue weighted by Gasteiger charge is 2.17. The topological polar surface area (TPSA) is 71.1 Å². The van der Waals surface area contributed by atoms with Crippen molar-refractivity contribution in [3.8, 4) is 0 Å². The molecule has 0 aliphatic heterocycles. The van der Waals surface area contributed by atoms with Crippen molar-refractivity contribution < 1.29 is 8.42 Å². The Balaban J connectivity index is 2.22. The van der Waals surface area contributed by atoms with Crippen LogP contribution in [0.4, 0.5) is 0 Å². The third-order valence-electron chi connectivity index (χ3n) is 3.24. The molecule has 2 aromatic rings. The first-order valence-corrected chi connectivity index (χ1v) is 8.14. The lowest BCUT2D eigenvalue weighted by atomic mass is 10.1. The van der Waals surface area contributed by atoms with Crippen LogP contribution in [0.5, 0.6) is 0 Å². The molecule has 5 nitrogen and oxygen atoms in total. The molecule has 0 saturated heterocycles. The lowest BCUT2D eigenvalue weighted by molar-refractivity contribution is 0.580. The van der Waals surface area contributed by atoms with Crippen molar-refractivity contribution in [1.82, 2.24) is 15.0 Å². The molecule has 0 radical (unpaired) electrons. The van der Waals surface area contributed by atoms with Gasteiger partial charge in [-0.05, 0) is 42.8 Å². The molecular weight excluding hydrogens is 286 g/mol. The molecule has 0 unspecified atom stereocenters. The third-order valence-corrected chi connectivity index (χ3v) is 4.79. The standard InChI is InChI=1S/C15H19N3O2S/c1-12-14(11-16-2)6-3-7-15(12)21(19,20)18-10-13-5-4-8-17-9-13/h3-9,16,18H,10-11H2,1-2H3. The Hall–Kier alpha value is -1.76. The third kappa shape index (κ3) is 3.87. The zero-order valence-corrected chi connectivity index (χ0v) is 12.9. The monoisotopic (exact) mass is 305 g/mol. The van der Waals surface area contributed by atoms with Gasteiger partial charge in [0.15, 0.2) is 0 Å². The van der Waals surface area contributed by atoms with Gasteiger partial charge in [0.25, 0.3) is 0 Å². The summed E-state index contributed by atoms with van der Waals surface area (Å²) < 4.78 is 27.5. The van der Waals surface area contributed by atoms with Gasteiger partial charge in [0.1, 0.15) is 0 Å². The maximum absolute atomic E-state index is 12.4. The van der Waals surface area contributed by atoms with Gasteiger partial charge in [-0.1, -0.05) is 18.2 Å². The molecule has 1 aromatic carbocycles. The molecule has 1 aromatic heterocycles. The number of sulfonamides is 1. The van der Waals surface area contributed by atoms with E-state index in [1.54, 1.807) is 30.6 Å². The van der Waals surface area contributed by atoms with Gasteiger partial charge < -0.3 is 5.32 Å². The number of hydrogen-bond acceptors (Lipinski definition) is 4. The summed E-state index contributed by atoms with van der Waals surface area (Å²) in [5.74, 6) is 0. The molecule has 0 saturated carbocycles. The number of aromatic nitrogens is 1. The predicted octanol–water partition coefficient (Wildman–Crippen LogP) is 1.59. The fourth-order valence-corrected chi connectivity index (χ4v) is 3.40. The minimum absolute atomic E-state index is 0.228. The molecular formula is C15H19N3O2S. The largest absolute Gasteiger partial charge is 0.316 e. The second kappa shape index (κ2) is 6.80. The van der Waals surface area contributed by atoms with Crippen molar-refractivity contribution in [3.63, 3.8) is 0 Å². The summed E-state index contributed by atoms with van der Waals surface area (Å²) in [6.45, 7) is 2.69. The smallest absolute Gasteiger partial charge is 0.241 e. The average molecular weight is 305 g/mol. The van der Waals surface area contributed by atoms with Crippen molar-refractivity contribution in [1.29, 1.82) is 0 Å². The average Bonchev–Trinajstić information content (AvgIpc) is 2.48. The quantitative estimate of drug-likeness (QED) is 0.850. The van der Waals surface area contributed by atoms with Crippen LogP contribution in [0.1, 0.15) is 16.7 Å².